The number of ketones is 1. The van der Waals surface area contributed by atoms with Gasteiger partial charge in [0.15, 0.2) is 5.78 Å². The van der Waals surface area contributed by atoms with Crippen LogP contribution < -0.4 is 10.6 Å². The van der Waals surface area contributed by atoms with Gasteiger partial charge in [0, 0.05) is 42.0 Å². The van der Waals surface area contributed by atoms with Crippen molar-refractivity contribution < 1.29 is 9.59 Å². The highest BCUT2D eigenvalue weighted by molar-refractivity contribution is 6.07. The first-order valence-electron chi connectivity index (χ1n) is 10.7. The predicted molar refractivity (Wildman–Crippen MR) is 124 cm³/mol. The first-order chi connectivity index (χ1) is 15.7. The van der Waals surface area contributed by atoms with E-state index in [1.54, 1.807) is 18.6 Å². The molecule has 0 atom stereocenters. The third-order valence-corrected chi connectivity index (χ3v) is 5.57. The molecule has 1 aliphatic rings. The van der Waals surface area contributed by atoms with Crippen LogP contribution in [0.25, 0.3) is 11.3 Å². The highest BCUT2D eigenvalue weighted by atomic mass is 16.1. The Morgan fingerprint density at radius 1 is 1.09 bits per heavy atom. The molecule has 7 nitrogen and oxygen atoms in total. The molecule has 5 rings (SSSR count). The summed E-state index contributed by atoms with van der Waals surface area (Å²) in [5, 5.41) is 6.30. The molecule has 4 N–H and O–H groups in total. The minimum atomic E-state index is -0.141. The number of aryl methyl sites for hydroxylation is 1. The number of hydrogen-bond donors (Lipinski definition) is 4. The number of rotatable bonds is 6. The largest absolute Gasteiger partial charge is 0.367 e. The van der Waals surface area contributed by atoms with E-state index >= 15 is 0 Å². The molecule has 1 amide bonds. The van der Waals surface area contributed by atoms with Gasteiger partial charge in [0.1, 0.15) is 5.82 Å². The van der Waals surface area contributed by atoms with Crippen molar-refractivity contribution in [1.29, 1.82) is 0 Å². The van der Waals surface area contributed by atoms with Crippen LogP contribution in [0, 0.1) is 0 Å². The van der Waals surface area contributed by atoms with Crippen molar-refractivity contribution in [3.8, 4) is 11.3 Å². The Labute approximate surface area is 185 Å². The third-order valence-electron chi connectivity index (χ3n) is 5.57. The van der Waals surface area contributed by atoms with E-state index in [1.807, 2.05) is 48.5 Å². The van der Waals surface area contributed by atoms with Gasteiger partial charge in [-0.25, -0.2) is 4.98 Å². The Hall–Kier alpha value is -4.13. The first kappa shape index (κ1) is 19.8. The number of aromatic nitrogens is 3. The Bertz CT molecular complexity index is 1260. The van der Waals surface area contributed by atoms with Crippen LogP contribution in [-0.4, -0.2) is 26.6 Å². The molecule has 0 aliphatic heterocycles. The van der Waals surface area contributed by atoms with Crippen LogP contribution in [0.3, 0.4) is 0 Å². The van der Waals surface area contributed by atoms with Gasteiger partial charge < -0.3 is 20.6 Å². The second kappa shape index (κ2) is 8.55. The van der Waals surface area contributed by atoms with E-state index in [-0.39, 0.29) is 18.1 Å². The van der Waals surface area contributed by atoms with E-state index in [0.29, 0.717) is 12.2 Å². The zero-order valence-corrected chi connectivity index (χ0v) is 17.4. The molecule has 32 heavy (non-hydrogen) atoms. The van der Waals surface area contributed by atoms with E-state index in [9.17, 15) is 9.59 Å². The normalized spacial score (nSPS) is 12.9. The number of amides is 1. The third kappa shape index (κ3) is 4.05. The molecule has 0 fully saturated rings. The number of benzene rings is 1. The lowest BCUT2D eigenvalue weighted by molar-refractivity contribution is -0.115. The maximum atomic E-state index is 12.8. The summed E-state index contributed by atoms with van der Waals surface area (Å²) in [5.41, 5.74) is 5.92. The van der Waals surface area contributed by atoms with E-state index in [2.05, 4.69) is 25.6 Å². The van der Waals surface area contributed by atoms with E-state index in [1.165, 1.54) is 0 Å². The average molecular weight is 425 g/mol. The fraction of sp³-hybridized carbons (Fsp3) is 0.160. The van der Waals surface area contributed by atoms with Crippen molar-refractivity contribution in [1.82, 2.24) is 15.0 Å². The molecule has 0 unspecified atom stereocenters. The van der Waals surface area contributed by atoms with Crippen LogP contribution in [0.4, 0.5) is 17.2 Å². The number of carbonyl (C=O) groups excluding carboxylic acids is 2. The van der Waals surface area contributed by atoms with Crippen molar-refractivity contribution in [3.63, 3.8) is 0 Å². The minimum Gasteiger partial charge on any atom is -0.367 e. The molecular formula is C25H23N5O2. The molecule has 4 aromatic rings. The quantitative estimate of drug-likeness (QED) is 0.355. The summed E-state index contributed by atoms with van der Waals surface area (Å²) >= 11 is 0. The number of anilines is 3. The Morgan fingerprint density at radius 2 is 1.97 bits per heavy atom. The molecule has 0 spiro atoms. The molecule has 3 heterocycles. The van der Waals surface area contributed by atoms with Crippen molar-refractivity contribution in [2.45, 2.75) is 25.7 Å². The molecule has 7 heteroatoms. The lowest BCUT2D eigenvalue weighted by Crippen LogP contribution is -2.15. The van der Waals surface area contributed by atoms with Gasteiger partial charge in [-0.05, 0) is 48.7 Å². The van der Waals surface area contributed by atoms with Crippen molar-refractivity contribution in [2.75, 3.05) is 10.6 Å². The lowest BCUT2D eigenvalue weighted by atomic mass is 9.95. The van der Waals surface area contributed by atoms with Crippen molar-refractivity contribution in [2.24, 2.45) is 0 Å². The molecule has 1 aliphatic carbocycles. The van der Waals surface area contributed by atoms with E-state index in [0.717, 1.165) is 52.3 Å². The number of H-pyrrole nitrogens is 2. The first-order valence-corrected chi connectivity index (χ1v) is 10.7. The summed E-state index contributed by atoms with van der Waals surface area (Å²) in [5.74, 6) is 0.465. The molecule has 0 saturated carbocycles. The van der Waals surface area contributed by atoms with Gasteiger partial charge in [-0.2, -0.15) is 0 Å². The summed E-state index contributed by atoms with van der Waals surface area (Å²) in [6.45, 7) is 0. The molecule has 0 radical (unpaired) electrons. The van der Waals surface area contributed by atoms with Gasteiger partial charge in [0.25, 0.3) is 0 Å². The van der Waals surface area contributed by atoms with E-state index in [4.69, 9.17) is 0 Å². The average Bonchev–Trinajstić information content (AvgIpc) is 3.43. The maximum absolute atomic E-state index is 12.8. The zero-order valence-electron chi connectivity index (χ0n) is 17.4. The molecule has 160 valence electrons. The number of hydrogen-bond acceptors (Lipinski definition) is 4. The highest BCUT2D eigenvalue weighted by Crippen LogP contribution is 2.39. The van der Waals surface area contributed by atoms with Crippen LogP contribution >= 0.6 is 0 Å². The molecule has 3 aromatic heterocycles. The van der Waals surface area contributed by atoms with Gasteiger partial charge in [-0.1, -0.05) is 18.2 Å². The fourth-order valence-corrected chi connectivity index (χ4v) is 4.10. The number of para-hydroxylation sites is 1. The number of nitrogens with one attached hydrogen (secondary N) is 4. The van der Waals surface area contributed by atoms with Crippen molar-refractivity contribution >= 4 is 28.9 Å². The lowest BCUT2D eigenvalue weighted by Gasteiger charge is -2.14. The van der Waals surface area contributed by atoms with Crippen LogP contribution in [0.15, 0.2) is 67.1 Å². The SMILES string of the molecule is O=C(Cc1cc[nH]c1)Nc1cc(-c2[nH]c3c(c2Nc2ccccc2)C(=O)CCC3)ccn1. The number of pyridine rings is 1. The topological polar surface area (TPSA) is 103 Å². The second-order valence-corrected chi connectivity index (χ2v) is 7.87. The summed E-state index contributed by atoms with van der Waals surface area (Å²) in [4.78, 5) is 35.9. The fourth-order valence-electron chi connectivity index (χ4n) is 4.10. The van der Waals surface area contributed by atoms with Gasteiger partial charge in [-0.3, -0.25) is 9.59 Å². The van der Waals surface area contributed by atoms with Crippen LogP contribution in [0.5, 0.6) is 0 Å². The number of aromatic amines is 2. The van der Waals surface area contributed by atoms with Gasteiger partial charge >= 0.3 is 0 Å². The molecular weight excluding hydrogens is 402 g/mol. The van der Waals surface area contributed by atoms with E-state index < -0.39 is 0 Å². The number of nitrogens with zero attached hydrogens (tertiary/aromatic N) is 1. The Kier molecular flexibility index (Phi) is 5.29. The Balaban J connectivity index is 1.48. The standard InChI is InChI=1S/C25H23N5O2/c31-20-8-4-7-19-23(20)25(28-18-5-2-1-3-6-18)24(29-19)17-10-12-27-21(14-17)30-22(32)13-16-9-11-26-15-16/h1-3,5-6,9-12,14-15,26,28-29H,4,7-8,13H2,(H,27,30,32). The zero-order chi connectivity index (χ0) is 21.9. The summed E-state index contributed by atoms with van der Waals surface area (Å²) in [6.07, 6.45) is 7.73. The maximum Gasteiger partial charge on any atom is 0.230 e. The van der Waals surface area contributed by atoms with Crippen LogP contribution in [0.1, 0.15) is 34.5 Å². The number of carbonyl (C=O) groups is 2. The predicted octanol–water partition coefficient (Wildman–Crippen LogP) is 4.85. The molecule has 0 saturated heterocycles. The van der Waals surface area contributed by atoms with Gasteiger partial charge in [0.2, 0.25) is 5.91 Å². The molecule has 1 aromatic carbocycles. The number of Topliss-reactive ketones (excluding diaryl/α,β-unsaturated/α-hetero) is 1. The summed E-state index contributed by atoms with van der Waals surface area (Å²) in [6, 6.07) is 15.4. The second-order valence-electron chi connectivity index (χ2n) is 7.87. The summed E-state index contributed by atoms with van der Waals surface area (Å²) in [7, 11) is 0. The monoisotopic (exact) mass is 425 g/mol. The number of fused-ring (bicyclic) bond motifs is 1. The van der Waals surface area contributed by atoms with Crippen LogP contribution in [-0.2, 0) is 17.6 Å². The minimum absolute atomic E-state index is 0.140. The van der Waals surface area contributed by atoms with Gasteiger partial charge in [-0.15, -0.1) is 0 Å². The Morgan fingerprint density at radius 3 is 2.78 bits per heavy atom. The van der Waals surface area contributed by atoms with Crippen LogP contribution in [0.2, 0.25) is 0 Å². The smallest absolute Gasteiger partial charge is 0.230 e. The highest BCUT2D eigenvalue weighted by Gasteiger charge is 2.27. The van der Waals surface area contributed by atoms with Crippen molar-refractivity contribution in [3.05, 3.63) is 83.9 Å². The molecule has 0 bridgehead atoms. The summed E-state index contributed by atoms with van der Waals surface area (Å²) < 4.78 is 0. The van der Waals surface area contributed by atoms with Gasteiger partial charge in [0.05, 0.1) is 23.4 Å².